The maximum absolute atomic E-state index is 11.2. The van der Waals surface area contributed by atoms with Gasteiger partial charge in [-0.25, -0.2) is 4.79 Å². The Bertz CT molecular complexity index is 434. The van der Waals surface area contributed by atoms with Gasteiger partial charge in [0.25, 0.3) is 0 Å². The Hall–Kier alpha value is -2.06. The lowest BCUT2D eigenvalue weighted by atomic mass is 10.0. The largest absolute Gasteiger partial charge is 0.507 e. The molecule has 5 nitrogen and oxygen atoms in total. The van der Waals surface area contributed by atoms with Crippen LogP contribution >= 0.6 is 0 Å². The van der Waals surface area contributed by atoms with Gasteiger partial charge in [0, 0.05) is 0 Å². The number of ether oxygens (including phenoxy) is 1. The van der Waals surface area contributed by atoms with Crippen LogP contribution in [0.25, 0.3) is 0 Å². The first-order chi connectivity index (χ1) is 7.13. The highest BCUT2D eigenvalue weighted by Crippen LogP contribution is 2.22. The topological polar surface area (TPSA) is 90.6 Å². The minimum absolute atomic E-state index is 0.0346. The molecule has 0 aromatic heterocycles. The minimum Gasteiger partial charge on any atom is -0.507 e. The summed E-state index contributed by atoms with van der Waals surface area (Å²) in [6.45, 7) is -0.413. The van der Waals surface area contributed by atoms with Gasteiger partial charge in [-0.1, -0.05) is 0 Å². The number of benzene rings is 1. The fourth-order valence-electron chi connectivity index (χ4n) is 1.15. The molecule has 0 aliphatic heterocycles. The minimum atomic E-state index is -0.657. The summed E-state index contributed by atoms with van der Waals surface area (Å²) in [5.41, 5.74) is 0.264. The molecule has 1 rings (SSSR count). The van der Waals surface area contributed by atoms with E-state index >= 15 is 0 Å². The summed E-state index contributed by atoms with van der Waals surface area (Å²) < 4.78 is 4.48. The van der Waals surface area contributed by atoms with Crippen molar-refractivity contribution in [1.29, 1.82) is 5.26 Å². The van der Waals surface area contributed by atoms with Gasteiger partial charge in [0.15, 0.2) is 0 Å². The monoisotopic (exact) mass is 207 g/mol. The second-order valence-electron chi connectivity index (χ2n) is 2.79. The summed E-state index contributed by atoms with van der Waals surface area (Å²) in [5.74, 6) is -0.926. The number of hydrogen-bond donors (Lipinski definition) is 2. The summed E-state index contributed by atoms with van der Waals surface area (Å²) in [6, 6.07) is 4.09. The molecule has 0 aliphatic rings. The van der Waals surface area contributed by atoms with E-state index in [4.69, 9.17) is 10.4 Å². The quantitative estimate of drug-likeness (QED) is 0.691. The molecule has 0 aliphatic carbocycles. The number of carbonyl (C=O) groups is 1. The molecular weight excluding hydrogens is 198 g/mol. The highest BCUT2D eigenvalue weighted by molar-refractivity contribution is 5.91. The zero-order valence-corrected chi connectivity index (χ0v) is 8.02. The number of rotatable bonds is 2. The van der Waals surface area contributed by atoms with Crippen LogP contribution in [-0.4, -0.2) is 23.3 Å². The van der Waals surface area contributed by atoms with Gasteiger partial charge in [-0.05, 0) is 17.7 Å². The zero-order valence-electron chi connectivity index (χ0n) is 8.02. The molecule has 5 heteroatoms. The van der Waals surface area contributed by atoms with E-state index in [1.54, 1.807) is 6.07 Å². The van der Waals surface area contributed by atoms with Crippen molar-refractivity contribution in [3.8, 4) is 11.8 Å². The Morgan fingerprint density at radius 3 is 2.73 bits per heavy atom. The Morgan fingerprint density at radius 1 is 1.60 bits per heavy atom. The van der Waals surface area contributed by atoms with Crippen molar-refractivity contribution < 1.29 is 19.7 Å². The molecule has 0 bridgehead atoms. The van der Waals surface area contributed by atoms with E-state index in [1.807, 2.05) is 0 Å². The number of phenolic OH excluding ortho intramolecular Hbond substituents is 1. The third-order valence-corrected chi connectivity index (χ3v) is 1.92. The summed E-state index contributed by atoms with van der Waals surface area (Å²) in [7, 11) is 1.20. The highest BCUT2D eigenvalue weighted by atomic mass is 16.5. The molecule has 0 atom stereocenters. The molecular formula is C10H9NO4. The number of carbonyl (C=O) groups excluding carboxylic acids is 1. The molecule has 0 fully saturated rings. The number of esters is 1. The smallest absolute Gasteiger partial charge is 0.338 e. The lowest BCUT2D eigenvalue weighted by Gasteiger charge is -2.06. The molecule has 0 saturated carbocycles. The van der Waals surface area contributed by atoms with Crippen molar-refractivity contribution in [3.05, 3.63) is 28.8 Å². The van der Waals surface area contributed by atoms with Crippen LogP contribution in [0.3, 0.4) is 0 Å². The van der Waals surface area contributed by atoms with Crippen molar-refractivity contribution in [2.45, 2.75) is 6.61 Å². The van der Waals surface area contributed by atoms with Crippen molar-refractivity contribution in [1.82, 2.24) is 0 Å². The Balaban J connectivity index is 3.36. The van der Waals surface area contributed by atoms with Crippen LogP contribution in [0.5, 0.6) is 5.75 Å². The SMILES string of the molecule is COC(=O)c1cc(C#N)c(O)cc1CO. The number of hydrogen-bond acceptors (Lipinski definition) is 5. The van der Waals surface area contributed by atoms with Crippen LogP contribution in [0.4, 0.5) is 0 Å². The zero-order chi connectivity index (χ0) is 11.4. The predicted octanol–water partition coefficient (Wildman–Crippen LogP) is 0.543. The molecule has 0 saturated heterocycles. The van der Waals surface area contributed by atoms with Crippen molar-refractivity contribution in [3.63, 3.8) is 0 Å². The van der Waals surface area contributed by atoms with E-state index < -0.39 is 12.6 Å². The van der Waals surface area contributed by atoms with Gasteiger partial charge < -0.3 is 14.9 Å². The molecule has 0 heterocycles. The third kappa shape index (κ3) is 2.06. The van der Waals surface area contributed by atoms with E-state index in [0.29, 0.717) is 0 Å². The van der Waals surface area contributed by atoms with Crippen LogP contribution in [0.2, 0.25) is 0 Å². The van der Waals surface area contributed by atoms with E-state index in [9.17, 15) is 9.90 Å². The summed E-state index contributed by atoms with van der Waals surface area (Å²) >= 11 is 0. The molecule has 0 radical (unpaired) electrons. The number of aromatic hydroxyl groups is 1. The number of nitriles is 1. The van der Waals surface area contributed by atoms with Crippen LogP contribution < -0.4 is 0 Å². The molecule has 15 heavy (non-hydrogen) atoms. The van der Waals surface area contributed by atoms with Gasteiger partial charge in [0.2, 0.25) is 0 Å². The fraction of sp³-hybridized carbons (Fsp3) is 0.200. The molecule has 0 amide bonds. The second kappa shape index (κ2) is 4.44. The van der Waals surface area contributed by atoms with Gasteiger partial charge in [-0.15, -0.1) is 0 Å². The molecule has 0 spiro atoms. The average Bonchev–Trinajstić information content (AvgIpc) is 2.27. The lowest BCUT2D eigenvalue weighted by Crippen LogP contribution is -2.06. The Morgan fingerprint density at radius 2 is 2.27 bits per heavy atom. The van der Waals surface area contributed by atoms with Gasteiger partial charge in [0.1, 0.15) is 11.8 Å². The van der Waals surface area contributed by atoms with Crippen LogP contribution in [0.1, 0.15) is 21.5 Å². The molecule has 1 aromatic carbocycles. The van der Waals surface area contributed by atoms with Crippen molar-refractivity contribution >= 4 is 5.97 Å². The molecule has 1 aromatic rings. The maximum atomic E-state index is 11.2. The van der Waals surface area contributed by atoms with Crippen LogP contribution in [0, 0.1) is 11.3 Å². The number of nitrogens with zero attached hydrogens (tertiary/aromatic N) is 1. The van der Waals surface area contributed by atoms with E-state index in [1.165, 1.54) is 19.2 Å². The summed E-state index contributed by atoms with van der Waals surface area (Å²) in [4.78, 5) is 11.2. The normalized spacial score (nSPS) is 9.40. The molecule has 0 unspecified atom stereocenters. The van der Waals surface area contributed by atoms with E-state index in [0.717, 1.165) is 0 Å². The van der Waals surface area contributed by atoms with Gasteiger partial charge in [0.05, 0.1) is 24.8 Å². The standard InChI is InChI=1S/C10H9NO4/c1-15-10(14)8-2-6(4-11)9(13)3-7(8)5-12/h2-3,12-13H,5H2,1H3. The average molecular weight is 207 g/mol. The number of methoxy groups -OCH3 is 1. The summed E-state index contributed by atoms with van der Waals surface area (Å²) in [5, 5.41) is 26.9. The maximum Gasteiger partial charge on any atom is 0.338 e. The lowest BCUT2D eigenvalue weighted by molar-refractivity contribution is 0.0597. The molecule has 78 valence electrons. The van der Waals surface area contributed by atoms with Crippen LogP contribution in [-0.2, 0) is 11.3 Å². The number of aliphatic hydroxyl groups excluding tert-OH is 1. The second-order valence-corrected chi connectivity index (χ2v) is 2.79. The van der Waals surface area contributed by atoms with Gasteiger partial charge in [-0.2, -0.15) is 5.26 Å². The van der Waals surface area contributed by atoms with Crippen molar-refractivity contribution in [2.75, 3.05) is 7.11 Å². The number of phenols is 1. The van der Waals surface area contributed by atoms with Gasteiger partial charge >= 0.3 is 5.97 Å². The predicted molar refractivity (Wildman–Crippen MR) is 50.1 cm³/mol. The fourth-order valence-corrected chi connectivity index (χ4v) is 1.15. The van der Waals surface area contributed by atoms with Gasteiger partial charge in [-0.3, -0.25) is 0 Å². The molecule has 2 N–H and O–H groups in total. The van der Waals surface area contributed by atoms with Crippen LogP contribution in [0.15, 0.2) is 12.1 Å². The first kappa shape index (κ1) is 11.0. The van der Waals surface area contributed by atoms with Crippen molar-refractivity contribution in [2.24, 2.45) is 0 Å². The third-order valence-electron chi connectivity index (χ3n) is 1.92. The Kier molecular flexibility index (Phi) is 3.26. The first-order valence-corrected chi connectivity index (χ1v) is 4.09. The Labute approximate surface area is 86.1 Å². The van der Waals surface area contributed by atoms with E-state index in [-0.39, 0.29) is 22.4 Å². The summed E-state index contributed by atoms with van der Waals surface area (Å²) in [6.07, 6.45) is 0. The number of aliphatic hydroxyl groups is 1. The first-order valence-electron chi connectivity index (χ1n) is 4.09. The van der Waals surface area contributed by atoms with E-state index in [2.05, 4.69) is 4.74 Å². The highest BCUT2D eigenvalue weighted by Gasteiger charge is 2.15.